The molecule has 0 saturated heterocycles. The van der Waals surface area contributed by atoms with Crippen molar-refractivity contribution in [2.24, 2.45) is 7.05 Å². The van der Waals surface area contributed by atoms with Gasteiger partial charge >= 0.3 is 6.18 Å². The molecule has 0 saturated carbocycles. The zero-order valence-electron chi connectivity index (χ0n) is 11.8. The molecule has 0 spiro atoms. The summed E-state index contributed by atoms with van der Waals surface area (Å²) >= 11 is 0. The van der Waals surface area contributed by atoms with Gasteiger partial charge in [-0.25, -0.2) is 4.68 Å². The molecule has 0 unspecified atom stereocenters. The van der Waals surface area contributed by atoms with Crippen molar-refractivity contribution in [1.29, 1.82) is 0 Å². The van der Waals surface area contributed by atoms with Crippen LogP contribution >= 0.6 is 12.4 Å². The highest BCUT2D eigenvalue weighted by atomic mass is 35.5. The molecular formula is C12H17ClF3N5. The summed E-state index contributed by atoms with van der Waals surface area (Å²) in [5.41, 5.74) is -0.428. The fourth-order valence-electron chi connectivity index (χ4n) is 1.86. The highest BCUT2D eigenvalue weighted by Crippen LogP contribution is 2.28. The Labute approximate surface area is 126 Å². The number of anilines is 1. The SMILES string of the molecule is CC(C)n1nccc1NCc1cc(C(F)(F)F)nn1C.Cl. The van der Waals surface area contributed by atoms with E-state index >= 15 is 0 Å². The maximum Gasteiger partial charge on any atom is 0.435 e. The molecule has 0 fully saturated rings. The number of hydrogen-bond donors (Lipinski definition) is 1. The molecular weight excluding hydrogens is 307 g/mol. The fraction of sp³-hybridized carbons (Fsp3) is 0.500. The summed E-state index contributed by atoms with van der Waals surface area (Å²) < 4.78 is 40.7. The Kier molecular flexibility index (Phi) is 5.27. The van der Waals surface area contributed by atoms with Crippen molar-refractivity contribution in [2.75, 3.05) is 5.32 Å². The topological polar surface area (TPSA) is 47.7 Å². The van der Waals surface area contributed by atoms with E-state index in [1.54, 1.807) is 16.9 Å². The third kappa shape index (κ3) is 3.90. The van der Waals surface area contributed by atoms with Crippen LogP contribution < -0.4 is 5.32 Å². The lowest BCUT2D eigenvalue weighted by Crippen LogP contribution is -2.11. The summed E-state index contributed by atoms with van der Waals surface area (Å²) in [6.07, 6.45) is -2.78. The van der Waals surface area contributed by atoms with E-state index in [4.69, 9.17) is 0 Å². The maximum absolute atomic E-state index is 12.6. The van der Waals surface area contributed by atoms with E-state index in [0.717, 1.165) is 11.9 Å². The third-order valence-electron chi connectivity index (χ3n) is 2.88. The number of aryl methyl sites for hydroxylation is 1. The molecule has 9 heteroatoms. The number of alkyl halides is 3. The molecule has 0 amide bonds. The second-order valence-electron chi connectivity index (χ2n) is 4.75. The molecule has 2 rings (SSSR count). The zero-order valence-corrected chi connectivity index (χ0v) is 12.7. The minimum atomic E-state index is -4.42. The number of halogens is 4. The summed E-state index contributed by atoms with van der Waals surface area (Å²) in [7, 11) is 1.49. The summed E-state index contributed by atoms with van der Waals surface area (Å²) in [5.74, 6) is 0.759. The quantitative estimate of drug-likeness (QED) is 0.939. The van der Waals surface area contributed by atoms with Crippen molar-refractivity contribution in [1.82, 2.24) is 19.6 Å². The Balaban J connectivity index is 0.00000220. The van der Waals surface area contributed by atoms with Crippen LogP contribution in [0.4, 0.5) is 19.0 Å². The van der Waals surface area contributed by atoms with Crippen molar-refractivity contribution in [3.63, 3.8) is 0 Å². The van der Waals surface area contributed by atoms with E-state index in [0.29, 0.717) is 5.69 Å². The van der Waals surface area contributed by atoms with Crippen molar-refractivity contribution >= 4 is 18.2 Å². The van der Waals surface area contributed by atoms with Crippen LogP contribution in [0.2, 0.25) is 0 Å². The highest BCUT2D eigenvalue weighted by Gasteiger charge is 2.34. The minimum Gasteiger partial charge on any atom is -0.365 e. The summed E-state index contributed by atoms with van der Waals surface area (Å²) in [6.45, 7) is 4.20. The molecule has 1 N–H and O–H groups in total. The molecule has 0 aromatic carbocycles. The predicted molar refractivity (Wildman–Crippen MR) is 75.4 cm³/mol. The average molecular weight is 324 g/mol. The van der Waals surface area contributed by atoms with Crippen LogP contribution in [0.1, 0.15) is 31.3 Å². The summed E-state index contributed by atoms with van der Waals surface area (Å²) in [5, 5.41) is 10.7. The molecule has 0 bridgehead atoms. The van der Waals surface area contributed by atoms with Crippen LogP contribution in [0.25, 0.3) is 0 Å². The molecule has 0 aliphatic rings. The Hall–Kier alpha value is -1.70. The van der Waals surface area contributed by atoms with E-state index in [2.05, 4.69) is 15.5 Å². The van der Waals surface area contributed by atoms with Gasteiger partial charge in [0.25, 0.3) is 0 Å². The van der Waals surface area contributed by atoms with Gasteiger partial charge in [-0.15, -0.1) is 12.4 Å². The van der Waals surface area contributed by atoms with Gasteiger partial charge < -0.3 is 5.32 Å². The molecule has 5 nitrogen and oxygen atoms in total. The first-order valence-corrected chi connectivity index (χ1v) is 6.16. The van der Waals surface area contributed by atoms with Crippen LogP contribution in [0.3, 0.4) is 0 Å². The largest absolute Gasteiger partial charge is 0.435 e. The Bertz CT molecular complexity index is 588. The Morgan fingerprint density at radius 2 is 2.00 bits per heavy atom. The standard InChI is InChI=1S/C12H16F3N5.ClH/c1-8(2)20-11(4-5-17-20)16-7-9-6-10(12(13,14)15)18-19(9)3;/h4-6,8,16H,7H2,1-3H3;1H. The van der Waals surface area contributed by atoms with Gasteiger partial charge in [-0.3, -0.25) is 4.68 Å². The van der Waals surface area contributed by atoms with Gasteiger partial charge in [0.15, 0.2) is 5.69 Å². The summed E-state index contributed by atoms with van der Waals surface area (Å²) in [4.78, 5) is 0. The number of hydrogen-bond acceptors (Lipinski definition) is 3. The van der Waals surface area contributed by atoms with Crippen molar-refractivity contribution in [2.45, 2.75) is 32.6 Å². The zero-order chi connectivity index (χ0) is 14.9. The fourth-order valence-corrected chi connectivity index (χ4v) is 1.86. The first kappa shape index (κ1) is 17.4. The van der Waals surface area contributed by atoms with E-state index < -0.39 is 11.9 Å². The third-order valence-corrected chi connectivity index (χ3v) is 2.88. The van der Waals surface area contributed by atoms with E-state index in [1.165, 1.54) is 11.7 Å². The number of nitrogens with one attached hydrogen (secondary N) is 1. The molecule has 2 aromatic rings. The van der Waals surface area contributed by atoms with Gasteiger partial charge in [0, 0.05) is 19.2 Å². The molecule has 0 atom stereocenters. The number of aromatic nitrogens is 4. The van der Waals surface area contributed by atoms with E-state index in [1.807, 2.05) is 13.8 Å². The van der Waals surface area contributed by atoms with Crippen molar-refractivity contribution < 1.29 is 13.2 Å². The van der Waals surface area contributed by atoms with Gasteiger partial charge in [0.05, 0.1) is 18.4 Å². The smallest absolute Gasteiger partial charge is 0.365 e. The van der Waals surface area contributed by atoms with Gasteiger partial charge in [0.1, 0.15) is 5.82 Å². The van der Waals surface area contributed by atoms with Gasteiger partial charge in [-0.05, 0) is 19.9 Å². The van der Waals surface area contributed by atoms with Crippen LogP contribution in [0.15, 0.2) is 18.3 Å². The molecule has 118 valence electrons. The summed E-state index contributed by atoms with van der Waals surface area (Å²) in [6, 6.07) is 2.99. The van der Waals surface area contributed by atoms with Crippen LogP contribution in [-0.4, -0.2) is 19.6 Å². The Morgan fingerprint density at radius 1 is 1.33 bits per heavy atom. The van der Waals surface area contributed by atoms with Crippen LogP contribution in [-0.2, 0) is 19.8 Å². The molecule has 2 aromatic heterocycles. The lowest BCUT2D eigenvalue weighted by Gasteiger charge is -2.12. The van der Waals surface area contributed by atoms with Crippen molar-refractivity contribution in [3.8, 4) is 0 Å². The Morgan fingerprint density at radius 3 is 2.52 bits per heavy atom. The number of nitrogens with zero attached hydrogens (tertiary/aromatic N) is 4. The molecule has 0 radical (unpaired) electrons. The lowest BCUT2D eigenvalue weighted by molar-refractivity contribution is -0.141. The first-order valence-electron chi connectivity index (χ1n) is 6.16. The van der Waals surface area contributed by atoms with Gasteiger partial charge in [-0.1, -0.05) is 0 Å². The predicted octanol–water partition coefficient (Wildman–Crippen LogP) is 3.25. The second kappa shape index (κ2) is 6.38. The van der Waals surface area contributed by atoms with Gasteiger partial charge in [-0.2, -0.15) is 23.4 Å². The normalized spacial score (nSPS) is 11.6. The molecule has 0 aliphatic heterocycles. The molecule has 0 aliphatic carbocycles. The van der Waals surface area contributed by atoms with Crippen LogP contribution in [0, 0.1) is 0 Å². The highest BCUT2D eigenvalue weighted by molar-refractivity contribution is 5.85. The van der Waals surface area contributed by atoms with Crippen molar-refractivity contribution in [3.05, 3.63) is 29.7 Å². The van der Waals surface area contributed by atoms with Crippen LogP contribution in [0.5, 0.6) is 0 Å². The molecule has 2 heterocycles. The number of rotatable bonds is 4. The van der Waals surface area contributed by atoms with E-state index in [9.17, 15) is 13.2 Å². The maximum atomic E-state index is 12.6. The van der Waals surface area contributed by atoms with Gasteiger partial charge in [0.2, 0.25) is 0 Å². The molecule has 21 heavy (non-hydrogen) atoms. The average Bonchev–Trinajstić information content (AvgIpc) is 2.91. The second-order valence-corrected chi connectivity index (χ2v) is 4.75. The first-order chi connectivity index (χ1) is 9.29. The lowest BCUT2D eigenvalue weighted by atomic mass is 10.3. The monoisotopic (exact) mass is 323 g/mol. The van der Waals surface area contributed by atoms with E-state index in [-0.39, 0.29) is 25.0 Å². The minimum absolute atomic E-state index is 0.